The molecule has 0 radical (unpaired) electrons. The van der Waals surface area contributed by atoms with E-state index < -0.39 is 46.5 Å². The van der Waals surface area contributed by atoms with Gasteiger partial charge in [0, 0.05) is 0 Å². The molecular formula is C23H24F3N3O4S. The number of benzene rings is 3. The summed E-state index contributed by atoms with van der Waals surface area (Å²) in [6.07, 6.45) is -4.44. The number of aliphatic hydroxyl groups is 1. The lowest BCUT2D eigenvalue weighted by Crippen LogP contribution is -2.53. The van der Waals surface area contributed by atoms with E-state index in [2.05, 4.69) is 10.0 Å². The predicted molar refractivity (Wildman–Crippen MR) is 122 cm³/mol. The Labute approximate surface area is 195 Å². The molecule has 3 aromatic carbocycles. The summed E-state index contributed by atoms with van der Waals surface area (Å²) < 4.78 is 63.6. The number of nitrogens with two attached hydrogens (primary N) is 1. The summed E-state index contributed by atoms with van der Waals surface area (Å²) in [5, 5.41) is 19.2. The van der Waals surface area contributed by atoms with Crippen molar-refractivity contribution in [3.8, 4) is 0 Å². The Hall–Kier alpha value is -2.99. The Morgan fingerprint density at radius 3 is 2.15 bits per heavy atom. The van der Waals surface area contributed by atoms with Crippen LogP contribution in [0.3, 0.4) is 0 Å². The Morgan fingerprint density at radius 1 is 0.941 bits per heavy atom. The van der Waals surface area contributed by atoms with Crippen molar-refractivity contribution in [2.75, 3.05) is 6.61 Å². The largest absolute Gasteiger partial charge is 0.416 e. The number of carbonyl (C=O) groups is 1. The molecule has 2 atom stereocenters. The molecule has 0 fully saturated rings. The van der Waals surface area contributed by atoms with E-state index in [-0.39, 0.29) is 12.8 Å². The van der Waals surface area contributed by atoms with E-state index in [1.807, 2.05) is 36.4 Å². The van der Waals surface area contributed by atoms with E-state index in [0.717, 1.165) is 22.9 Å². The molecule has 5 N–H and O–H groups in total. The van der Waals surface area contributed by atoms with Crippen LogP contribution in [0, 0.1) is 0 Å². The summed E-state index contributed by atoms with van der Waals surface area (Å²) in [4.78, 5) is 12.9. The van der Waals surface area contributed by atoms with Gasteiger partial charge in [0.25, 0.3) is 10.2 Å². The van der Waals surface area contributed by atoms with Crippen molar-refractivity contribution in [1.29, 1.82) is 0 Å². The van der Waals surface area contributed by atoms with Crippen LogP contribution in [-0.4, -0.2) is 38.1 Å². The molecule has 0 heterocycles. The standard InChI is InChI=1S/C23H24F3N3O4S/c24-23(25,26)19-9-6-15(7-10-19)12-20(14-30)28-22(31)21(29-34(27,32)33)13-16-5-8-17-3-1-2-4-18(17)11-16/h1-11,20-21,29-30H,12-14H2,(H,28,31)(H2,27,32,33)/t20-,21-/m1/s1. The second kappa shape index (κ2) is 10.5. The Kier molecular flexibility index (Phi) is 7.93. The number of hydrogen-bond donors (Lipinski definition) is 4. The SMILES string of the molecule is NS(=O)(=O)N[C@H](Cc1ccc2ccccc2c1)C(=O)N[C@@H](CO)Cc1ccc(C(F)(F)F)cc1. The number of rotatable bonds is 9. The zero-order valence-electron chi connectivity index (χ0n) is 17.9. The van der Waals surface area contributed by atoms with Gasteiger partial charge in [-0.1, -0.05) is 54.6 Å². The summed E-state index contributed by atoms with van der Waals surface area (Å²) in [5.41, 5.74) is 0.324. The normalized spacial score (nSPS) is 14.0. The minimum atomic E-state index is -4.47. The highest BCUT2D eigenvalue weighted by Crippen LogP contribution is 2.29. The van der Waals surface area contributed by atoms with E-state index >= 15 is 0 Å². The number of aliphatic hydroxyl groups excluding tert-OH is 1. The van der Waals surface area contributed by atoms with Gasteiger partial charge in [-0.05, 0) is 46.9 Å². The molecule has 0 spiro atoms. The number of nitrogens with one attached hydrogen (secondary N) is 2. The second-order valence-corrected chi connectivity index (χ2v) is 9.21. The number of alkyl halides is 3. The van der Waals surface area contributed by atoms with Gasteiger partial charge in [0.2, 0.25) is 5.91 Å². The Balaban J connectivity index is 1.74. The minimum absolute atomic E-state index is 0.00841. The highest BCUT2D eigenvalue weighted by Gasteiger charge is 2.30. The van der Waals surface area contributed by atoms with Gasteiger partial charge >= 0.3 is 6.18 Å². The predicted octanol–water partition coefficient (Wildman–Crippen LogP) is 2.28. The van der Waals surface area contributed by atoms with Gasteiger partial charge in [0.1, 0.15) is 6.04 Å². The first-order chi connectivity index (χ1) is 15.9. The molecule has 182 valence electrons. The van der Waals surface area contributed by atoms with Crippen molar-refractivity contribution in [3.05, 3.63) is 83.4 Å². The molecule has 0 aliphatic rings. The van der Waals surface area contributed by atoms with E-state index in [1.165, 1.54) is 12.1 Å². The second-order valence-electron chi connectivity index (χ2n) is 7.89. The first-order valence-electron chi connectivity index (χ1n) is 10.3. The molecule has 1 amide bonds. The van der Waals surface area contributed by atoms with Gasteiger partial charge in [-0.15, -0.1) is 0 Å². The first kappa shape index (κ1) is 25.6. The van der Waals surface area contributed by atoms with Gasteiger partial charge in [0.15, 0.2) is 0 Å². The zero-order valence-corrected chi connectivity index (χ0v) is 18.7. The van der Waals surface area contributed by atoms with Gasteiger partial charge in [-0.2, -0.15) is 26.3 Å². The quantitative estimate of drug-likeness (QED) is 0.364. The molecule has 0 saturated heterocycles. The van der Waals surface area contributed by atoms with Gasteiger partial charge in [-0.3, -0.25) is 4.79 Å². The topological polar surface area (TPSA) is 122 Å². The molecule has 3 aromatic rings. The lowest BCUT2D eigenvalue weighted by Gasteiger charge is -2.22. The highest BCUT2D eigenvalue weighted by molar-refractivity contribution is 7.87. The average Bonchev–Trinajstić information content (AvgIpc) is 2.77. The molecule has 0 aromatic heterocycles. The molecule has 0 bridgehead atoms. The molecule has 0 unspecified atom stereocenters. The average molecular weight is 496 g/mol. The molecule has 7 nitrogen and oxygen atoms in total. The van der Waals surface area contributed by atoms with Crippen LogP contribution in [0.4, 0.5) is 13.2 Å². The molecule has 0 aliphatic heterocycles. The maximum Gasteiger partial charge on any atom is 0.416 e. The van der Waals surface area contributed by atoms with Crippen LogP contribution in [0.25, 0.3) is 10.8 Å². The van der Waals surface area contributed by atoms with Crippen molar-refractivity contribution in [2.24, 2.45) is 5.14 Å². The molecule has 0 aliphatic carbocycles. The lowest BCUT2D eigenvalue weighted by molar-refractivity contribution is -0.137. The Morgan fingerprint density at radius 2 is 1.56 bits per heavy atom. The first-order valence-corrected chi connectivity index (χ1v) is 11.8. The number of hydrogen-bond acceptors (Lipinski definition) is 4. The smallest absolute Gasteiger partial charge is 0.394 e. The zero-order chi connectivity index (χ0) is 24.9. The fourth-order valence-electron chi connectivity index (χ4n) is 3.56. The maximum atomic E-state index is 12.9. The summed E-state index contributed by atoms with van der Waals surface area (Å²) in [5.74, 6) is -0.729. The van der Waals surface area contributed by atoms with Crippen LogP contribution in [-0.2, 0) is 34.0 Å². The van der Waals surface area contributed by atoms with Crippen molar-refractivity contribution < 1.29 is 31.5 Å². The van der Waals surface area contributed by atoms with E-state index in [4.69, 9.17) is 5.14 Å². The third kappa shape index (κ3) is 7.26. The van der Waals surface area contributed by atoms with Crippen LogP contribution in [0.5, 0.6) is 0 Å². The van der Waals surface area contributed by atoms with Crippen molar-refractivity contribution in [3.63, 3.8) is 0 Å². The van der Waals surface area contributed by atoms with Gasteiger partial charge in [-0.25, -0.2) is 5.14 Å². The summed E-state index contributed by atoms with van der Waals surface area (Å²) in [6.45, 7) is -0.509. The highest BCUT2D eigenvalue weighted by atomic mass is 32.2. The van der Waals surface area contributed by atoms with Gasteiger partial charge in [0.05, 0.1) is 18.2 Å². The van der Waals surface area contributed by atoms with Crippen LogP contribution in [0.2, 0.25) is 0 Å². The fourth-order valence-corrected chi connectivity index (χ4v) is 4.15. The number of halogens is 3. The fraction of sp³-hybridized carbons (Fsp3) is 0.261. The van der Waals surface area contributed by atoms with Crippen LogP contribution in [0.1, 0.15) is 16.7 Å². The van der Waals surface area contributed by atoms with E-state index in [1.54, 1.807) is 6.07 Å². The number of fused-ring (bicyclic) bond motifs is 1. The molecule has 34 heavy (non-hydrogen) atoms. The molecule has 11 heteroatoms. The van der Waals surface area contributed by atoms with Crippen molar-refractivity contribution in [1.82, 2.24) is 10.0 Å². The maximum absolute atomic E-state index is 12.9. The summed E-state index contributed by atoms with van der Waals surface area (Å²) in [6, 6.07) is 15.2. The van der Waals surface area contributed by atoms with Crippen LogP contribution >= 0.6 is 0 Å². The van der Waals surface area contributed by atoms with Crippen molar-refractivity contribution in [2.45, 2.75) is 31.1 Å². The van der Waals surface area contributed by atoms with E-state index in [0.29, 0.717) is 11.1 Å². The molecular weight excluding hydrogens is 471 g/mol. The third-order valence-corrected chi connectivity index (χ3v) is 5.82. The number of amides is 1. The summed E-state index contributed by atoms with van der Waals surface area (Å²) in [7, 11) is -4.23. The molecule has 0 saturated carbocycles. The minimum Gasteiger partial charge on any atom is -0.394 e. The van der Waals surface area contributed by atoms with Crippen LogP contribution < -0.4 is 15.2 Å². The van der Waals surface area contributed by atoms with Gasteiger partial charge < -0.3 is 10.4 Å². The van der Waals surface area contributed by atoms with Crippen LogP contribution in [0.15, 0.2) is 66.7 Å². The lowest BCUT2D eigenvalue weighted by atomic mass is 10.0. The van der Waals surface area contributed by atoms with Crippen molar-refractivity contribution >= 4 is 26.9 Å². The number of carbonyl (C=O) groups excluding carboxylic acids is 1. The Bertz CT molecular complexity index is 1250. The third-order valence-electron chi connectivity index (χ3n) is 5.21. The molecule has 3 rings (SSSR count). The van der Waals surface area contributed by atoms with E-state index in [9.17, 15) is 31.5 Å². The monoisotopic (exact) mass is 495 g/mol. The summed E-state index contributed by atoms with van der Waals surface area (Å²) >= 11 is 0.